The zero-order valence-electron chi connectivity index (χ0n) is 14.3. The van der Waals surface area contributed by atoms with Crippen LogP contribution in [0.15, 0.2) is 32.4 Å². The fourth-order valence-electron chi connectivity index (χ4n) is 2.12. The SMILES string of the molecule is CCc1noc(C(C)Sc2nnc(-c3ccc(OC)c(OC)c3)o2)n1. The van der Waals surface area contributed by atoms with Gasteiger partial charge >= 0.3 is 0 Å². The zero-order valence-corrected chi connectivity index (χ0v) is 15.2. The first kappa shape index (κ1) is 17.3. The van der Waals surface area contributed by atoms with Crippen LogP contribution in [-0.2, 0) is 6.42 Å². The maximum Gasteiger partial charge on any atom is 0.277 e. The number of ether oxygens (including phenoxy) is 2. The van der Waals surface area contributed by atoms with Crippen molar-refractivity contribution in [3.05, 3.63) is 29.9 Å². The van der Waals surface area contributed by atoms with Gasteiger partial charge in [-0.15, -0.1) is 10.2 Å². The van der Waals surface area contributed by atoms with Crippen molar-refractivity contribution in [2.24, 2.45) is 0 Å². The minimum atomic E-state index is -0.0912. The number of methoxy groups -OCH3 is 2. The number of hydrogen-bond acceptors (Lipinski definition) is 9. The Morgan fingerprint density at radius 1 is 1.16 bits per heavy atom. The van der Waals surface area contributed by atoms with Crippen LogP contribution in [0.5, 0.6) is 11.5 Å². The molecule has 8 nitrogen and oxygen atoms in total. The number of rotatable bonds is 7. The van der Waals surface area contributed by atoms with Gasteiger partial charge in [-0.25, -0.2) is 0 Å². The number of thioether (sulfide) groups is 1. The Morgan fingerprint density at radius 3 is 2.64 bits per heavy atom. The lowest BCUT2D eigenvalue weighted by atomic mass is 10.2. The van der Waals surface area contributed by atoms with E-state index >= 15 is 0 Å². The minimum absolute atomic E-state index is 0.0912. The topological polar surface area (TPSA) is 96.3 Å². The van der Waals surface area contributed by atoms with Crippen molar-refractivity contribution in [3.8, 4) is 23.0 Å². The molecule has 0 saturated carbocycles. The highest BCUT2D eigenvalue weighted by atomic mass is 32.2. The summed E-state index contributed by atoms with van der Waals surface area (Å²) in [7, 11) is 3.16. The number of aromatic nitrogens is 4. The Kier molecular flexibility index (Phi) is 5.22. The molecule has 132 valence electrons. The van der Waals surface area contributed by atoms with Gasteiger partial charge in [-0.05, 0) is 25.1 Å². The lowest BCUT2D eigenvalue weighted by molar-refractivity contribution is 0.355. The van der Waals surface area contributed by atoms with E-state index in [0.29, 0.717) is 34.3 Å². The molecule has 0 fully saturated rings. The molecule has 0 aliphatic rings. The highest BCUT2D eigenvalue weighted by Crippen LogP contribution is 2.36. The monoisotopic (exact) mass is 362 g/mol. The number of hydrogen-bond donors (Lipinski definition) is 0. The predicted molar refractivity (Wildman–Crippen MR) is 90.8 cm³/mol. The molecule has 0 saturated heterocycles. The van der Waals surface area contributed by atoms with E-state index in [1.807, 2.05) is 19.9 Å². The fraction of sp³-hybridized carbons (Fsp3) is 0.375. The summed E-state index contributed by atoms with van der Waals surface area (Å²) in [5.74, 6) is 2.85. The maximum atomic E-state index is 5.72. The molecule has 0 bridgehead atoms. The first-order valence-corrected chi connectivity index (χ1v) is 8.57. The van der Waals surface area contributed by atoms with E-state index in [0.717, 1.165) is 12.0 Å². The van der Waals surface area contributed by atoms with Gasteiger partial charge in [-0.2, -0.15) is 4.98 Å². The summed E-state index contributed by atoms with van der Waals surface area (Å²) in [5.41, 5.74) is 0.746. The van der Waals surface area contributed by atoms with Crippen LogP contribution < -0.4 is 9.47 Å². The summed E-state index contributed by atoms with van der Waals surface area (Å²) in [6.07, 6.45) is 0.727. The molecule has 2 aromatic heterocycles. The summed E-state index contributed by atoms with van der Waals surface area (Å²) in [5, 5.41) is 12.4. The van der Waals surface area contributed by atoms with Crippen LogP contribution in [0.2, 0.25) is 0 Å². The third-order valence-corrected chi connectivity index (χ3v) is 4.38. The normalized spacial score (nSPS) is 12.2. The van der Waals surface area contributed by atoms with Crippen molar-refractivity contribution in [1.29, 1.82) is 0 Å². The van der Waals surface area contributed by atoms with Gasteiger partial charge in [0.05, 0.1) is 19.5 Å². The molecule has 1 unspecified atom stereocenters. The largest absolute Gasteiger partial charge is 0.493 e. The zero-order chi connectivity index (χ0) is 17.8. The number of nitrogens with zero attached hydrogens (tertiary/aromatic N) is 4. The van der Waals surface area contributed by atoms with Gasteiger partial charge in [0, 0.05) is 12.0 Å². The Labute approximate surface area is 148 Å². The first-order valence-electron chi connectivity index (χ1n) is 7.69. The van der Waals surface area contributed by atoms with E-state index in [4.69, 9.17) is 18.4 Å². The van der Waals surface area contributed by atoms with E-state index in [1.165, 1.54) is 11.8 Å². The fourth-order valence-corrected chi connectivity index (χ4v) is 2.84. The minimum Gasteiger partial charge on any atom is -0.493 e. The molecule has 3 rings (SSSR count). The van der Waals surface area contributed by atoms with E-state index in [1.54, 1.807) is 26.4 Å². The van der Waals surface area contributed by atoms with Crippen molar-refractivity contribution in [3.63, 3.8) is 0 Å². The summed E-state index contributed by atoms with van der Waals surface area (Å²) < 4.78 is 21.5. The van der Waals surface area contributed by atoms with Gasteiger partial charge in [0.15, 0.2) is 17.3 Å². The molecule has 9 heteroatoms. The molecular weight excluding hydrogens is 344 g/mol. The summed E-state index contributed by atoms with van der Waals surface area (Å²) >= 11 is 1.36. The number of benzene rings is 1. The lowest BCUT2D eigenvalue weighted by Gasteiger charge is -2.07. The average molecular weight is 362 g/mol. The van der Waals surface area contributed by atoms with Crippen molar-refractivity contribution in [2.75, 3.05) is 14.2 Å². The van der Waals surface area contributed by atoms with Crippen LogP contribution in [0.25, 0.3) is 11.5 Å². The van der Waals surface area contributed by atoms with E-state index < -0.39 is 0 Å². The van der Waals surface area contributed by atoms with Crippen molar-refractivity contribution < 1.29 is 18.4 Å². The van der Waals surface area contributed by atoms with Gasteiger partial charge in [-0.1, -0.05) is 23.8 Å². The molecule has 0 radical (unpaired) electrons. The number of aryl methyl sites for hydroxylation is 1. The second kappa shape index (κ2) is 7.56. The molecule has 3 aromatic rings. The molecule has 1 atom stereocenters. The summed E-state index contributed by atoms with van der Waals surface area (Å²) in [4.78, 5) is 4.31. The van der Waals surface area contributed by atoms with E-state index in [2.05, 4.69) is 20.3 Å². The first-order chi connectivity index (χ1) is 12.1. The highest BCUT2D eigenvalue weighted by Gasteiger charge is 2.19. The Morgan fingerprint density at radius 2 is 1.96 bits per heavy atom. The molecule has 0 aliphatic carbocycles. The van der Waals surface area contributed by atoms with Crippen LogP contribution in [0.3, 0.4) is 0 Å². The Hall–Kier alpha value is -2.55. The van der Waals surface area contributed by atoms with E-state index in [-0.39, 0.29) is 5.25 Å². The summed E-state index contributed by atoms with van der Waals surface area (Å²) in [6.45, 7) is 3.91. The quantitative estimate of drug-likeness (QED) is 0.584. The van der Waals surface area contributed by atoms with Crippen LogP contribution in [0.1, 0.15) is 30.8 Å². The third-order valence-electron chi connectivity index (χ3n) is 3.46. The smallest absolute Gasteiger partial charge is 0.277 e. The second-order valence-corrected chi connectivity index (χ2v) is 6.40. The average Bonchev–Trinajstić information content (AvgIpc) is 3.30. The molecule has 0 spiro atoms. The molecular formula is C16H18N4O4S. The van der Waals surface area contributed by atoms with Crippen molar-refractivity contribution >= 4 is 11.8 Å². The molecule has 25 heavy (non-hydrogen) atoms. The molecule has 2 heterocycles. The van der Waals surface area contributed by atoms with Gasteiger partial charge in [0.2, 0.25) is 11.8 Å². The standard InChI is InChI=1S/C16H18N4O4S/c1-5-13-17-14(24-20-13)9(2)25-16-19-18-15(23-16)10-6-7-11(21-3)12(8-10)22-4/h6-9H,5H2,1-4H3. The van der Waals surface area contributed by atoms with Gasteiger partial charge < -0.3 is 18.4 Å². The van der Waals surface area contributed by atoms with Crippen LogP contribution in [-0.4, -0.2) is 34.6 Å². The highest BCUT2D eigenvalue weighted by molar-refractivity contribution is 7.99. The van der Waals surface area contributed by atoms with Crippen LogP contribution in [0.4, 0.5) is 0 Å². The third kappa shape index (κ3) is 3.76. The molecule has 1 aromatic carbocycles. The van der Waals surface area contributed by atoms with Crippen LogP contribution >= 0.6 is 11.8 Å². The Bertz CT molecular complexity index is 848. The molecule has 0 N–H and O–H groups in total. The van der Waals surface area contributed by atoms with Crippen molar-refractivity contribution in [2.45, 2.75) is 30.7 Å². The van der Waals surface area contributed by atoms with Gasteiger partial charge in [-0.3, -0.25) is 0 Å². The van der Waals surface area contributed by atoms with Gasteiger partial charge in [0.25, 0.3) is 5.22 Å². The van der Waals surface area contributed by atoms with Crippen LogP contribution in [0, 0.1) is 0 Å². The van der Waals surface area contributed by atoms with E-state index in [9.17, 15) is 0 Å². The Balaban J connectivity index is 1.76. The lowest BCUT2D eigenvalue weighted by Crippen LogP contribution is -1.90. The maximum absolute atomic E-state index is 5.72. The summed E-state index contributed by atoms with van der Waals surface area (Å²) in [6, 6.07) is 5.41. The second-order valence-electron chi connectivity index (χ2n) is 5.11. The van der Waals surface area contributed by atoms with Crippen molar-refractivity contribution in [1.82, 2.24) is 20.3 Å². The molecule has 0 aliphatic heterocycles. The predicted octanol–water partition coefficient (Wildman–Crippen LogP) is 3.55. The van der Waals surface area contributed by atoms with Gasteiger partial charge in [0.1, 0.15) is 0 Å². The molecule has 0 amide bonds.